The van der Waals surface area contributed by atoms with Crippen LogP contribution in [0.2, 0.25) is 0 Å². The second-order valence-corrected chi connectivity index (χ2v) is 1.87. The Hall–Kier alpha value is -1.77. The second-order valence-electron chi connectivity index (χ2n) is 1.87. The zero-order chi connectivity index (χ0) is 9.40. The maximum atomic E-state index is 10.7. The maximum Gasteiger partial charge on any atom is 0.314 e. The molecule has 66 valence electrons. The lowest BCUT2D eigenvalue weighted by molar-refractivity contribution is -0.119. The summed E-state index contributed by atoms with van der Waals surface area (Å²) in [4.78, 5) is 21.2. The molecule has 12 heavy (non-hydrogen) atoms. The molecule has 0 aliphatic carbocycles. The number of hydrogen-bond donors (Lipinski definition) is 3. The lowest BCUT2D eigenvalue weighted by Crippen LogP contribution is -2.40. The molecule has 6 heteroatoms. The average molecular weight is 170 g/mol. The fraction of sp³-hybridized carbons (Fsp3) is 0.500. The molecule has 3 amide bonds. The Bertz CT molecular complexity index is 208. The van der Waals surface area contributed by atoms with Gasteiger partial charge in [-0.1, -0.05) is 0 Å². The number of urea groups is 1. The van der Waals surface area contributed by atoms with E-state index in [1.807, 2.05) is 0 Å². The number of carbonyl (C=O) groups is 2. The van der Waals surface area contributed by atoms with Gasteiger partial charge in [0.1, 0.15) is 6.54 Å². The topological polar surface area (TPSA) is 94.0 Å². The molecule has 0 aromatic heterocycles. The third kappa shape index (κ3) is 5.05. The Balaban J connectivity index is 3.45. The highest BCUT2D eigenvalue weighted by molar-refractivity contribution is 5.83. The highest BCUT2D eigenvalue weighted by Gasteiger charge is 2.01. The summed E-state index contributed by atoms with van der Waals surface area (Å²) in [5, 5.41) is 14.9. The predicted molar refractivity (Wildman–Crippen MR) is 41.1 cm³/mol. The first-order chi connectivity index (χ1) is 5.70. The fourth-order valence-electron chi connectivity index (χ4n) is 0.450. The van der Waals surface area contributed by atoms with Crippen molar-refractivity contribution in [2.75, 3.05) is 20.1 Å². The summed E-state index contributed by atoms with van der Waals surface area (Å²) in [6.45, 7) is -0.171. The van der Waals surface area contributed by atoms with E-state index in [0.29, 0.717) is 0 Å². The van der Waals surface area contributed by atoms with Crippen molar-refractivity contribution in [3.05, 3.63) is 0 Å². The van der Waals surface area contributed by atoms with Crippen LogP contribution in [0.15, 0.2) is 0 Å². The van der Waals surface area contributed by atoms with Crippen LogP contribution >= 0.6 is 0 Å². The van der Waals surface area contributed by atoms with Crippen molar-refractivity contribution in [2.24, 2.45) is 0 Å². The van der Waals surface area contributed by atoms with Gasteiger partial charge in [-0.2, -0.15) is 5.26 Å². The van der Waals surface area contributed by atoms with Crippen LogP contribution in [0.4, 0.5) is 4.79 Å². The van der Waals surface area contributed by atoms with E-state index in [9.17, 15) is 9.59 Å². The Morgan fingerprint density at radius 3 is 2.58 bits per heavy atom. The third-order valence-corrected chi connectivity index (χ3v) is 1.00. The molecule has 0 atom stereocenters. The van der Waals surface area contributed by atoms with E-state index in [2.05, 4.69) is 16.0 Å². The molecule has 0 unspecified atom stereocenters. The third-order valence-electron chi connectivity index (χ3n) is 1.00. The molecule has 0 saturated heterocycles. The van der Waals surface area contributed by atoms with Gasteiger partial charge in [0.25, 0.3) is 0 Å². The van der Waals surface area contributed by atoms with E-state index in [1.165, 1.54) is 7.05 Å². The molecule has 0 aromatic rings. The van der Waals surface area contributed by atoms with Crippen molar-refractivity contribution in [2.45, 2.75) is 0 Å². The lowest BCUT2D eigenvalue weighted by Gasteiger charge is -2.02. The molecule has 0 aliphatic heterocycles. The van der Waals surface area contributed by atoms with Gasteiger partial charge in [-0.15, -0.1) is 0 Å². The molecule has 0 spiro atoms. The SMILES string of the molecule is CNC(=O)NCC(=O)NCC#N. The van der Waals surface area contributed by atoms with Gasteiger partial charge >= 0.3 is 6.03 Å². The maximum absolute atomic E-state index is 10.7. The Labute approximate surface area is 69.9 Å². The van der Waals surface area contributed by atoms with Gasteiger partial charge in [-0.05, 0) is 0 Å². The van der Waals surface area contributed by atoms with Crippen molar-refractivity contribution in [3.8, 4) is 6.07 Å². The van der Waals surface area contributed by atoms with Crippen LogP contribution < -0.4 is 16.0 Å². The van der Waals surface area contributed by atoms with Gasteiger partial charge in [-0.3, -0.25) is 4.79 Å². The quantitative estimate of drug-likeness (QED) is 0.452. The first-order valence-corrected chi connectivity index (χ1v) is 3.30. The number of amides is 3. The van der Waals surface area contributed by atoms with E-state index >= 15 is 0 Å². The molecule has 0 rings (SSSR count). The number of carbonyl (C=O) groups excluding carboxylic acids is 2. The van der Waals surface area contributed by atoms with Gasteiger partial charge in [0, 0.05) is 7.05 Å². The van der Waals surface area contributed by atoms with Crippen LogP contribution in [0.3, 0.4) is 0 Å². The molecule has 0 aliphatic rings. The Kier molecular flexibility index (Phi) is 5.09. The van der Waals surface area contributed by atoms with Gasteiger partial charge in [0.05, 0.1) is 12.6 Å². The van der Waals surface area contributed by atoms with E-state index in [0.717, 1.165) is 0 Å². The molecular weight excluding hydrogens is 160 g/mol. The summed E-state index contributed by atoms with van der Waals surface area (Å²) in [7, 11) is 1.45. The largest absolute Gasteiger partial charge is 0.341 e. The summed E-state index contributed by atoms with van der Waals surface area (Å²) in [6.07, 6.45) is 0. The highest BCUT2D eigenvalue weighted by atomic mass is 16.2. The van der Waals surface area contributed by atoms with Crippen LogP contribution in [-0.2, 0) is 4.79 Å². The van der Waals surface area contributed by atoms with Crippen molar-refractivity contribution in [1.29, 1.82) is 5.26 Å². The Morgan fingerprint density at radius 1 is 1.42 bits per heavy atom. The smallest absolute Gasteiger partial charge is 0.314 e. The van der Waals surface area contributed by atoms with Crippen LogP contribution in [0.25, 0.3) is 0 Å². The first-order valence-electron chi connectivity index (χ1n) is 3.30. The molecule has 0 fully saturated rings. The molecule has 0 radical (unpaired) electrons. The molecule has 0 saturated carbocycles. The van der Waals surface area contributed by atoms with Crippen LogP contribution in [0.5, 0.6) is 0 Å². The number of rotatable bonds is 3. The minimum Gasteiger partial charge on any atom is -0.341 e. The van der Waals surface area contributed by atoms with Gasteiger partial charge < -0.3 is 16.0 Å². The molecule has 0 aromatic carbocycles. The molecular formula is C6H10N4O2. The highest BCUT2D eigenvalue weighted by Crippen LogP contribution is 1.64. The average Bonchev–Trinajstić information content (AvgIpc) is 2.10. The number of nitrogens with zero attached hydrogens (tertiary/aromatic N) is 1. The van der Waals surface area contributed by atoms with E-state index in [-0.39, 0.29) is 19.0 Å². The lowest BCUT2D eigenvalue weighted by atomic mass is 10.5. The fourth-order valence-corrected chi connectivity index (χ4v) is 0.450. The summed E-state index contributed by atoms with van der Waals surface area (Å²) in [6, 6.07) is 1.31. The number of hydrogen-bond acceptors (Lipinski definition) is 3. The zero-order valence-corrected chi connectivity index (χ0v) is 6.68. The van der Waals surface area contributed by atoms with Crippen molar-refractivity contribution in [3.63, 3.8) is 0 Å². The first kappa shape index (κ1) is 10.2. The van der Waals surface area contributed by atoms with Crippen molar-refractivity contribution < 1.29 is 9.59 Å². The van der Waals surface area contributed by atoms with Crippen LogP contribution in [0, 0.1) is 11.3 Å². The van der Waals surface area contributed by atoms with Crippen molar-refractivity contribution >= 4 is 11.9 Å². The molecule has 6 nitrogen and oxygen atoms in total. The predicted octanol–water partition coefficient (Wildman–Crippen LogP) is -1.44. The molecule has 0 heterocycles. The van der Waals surface area contributed by atoms with E-state index in [1.54, 1.807) is 6.07 Å². The number of nitriles is 1. The van der Waals surface area contributed by atoms with Crippen molar-refractivity contribution in [1.82, 2.24) is 16.0 Å². The summed E-state index contributed by atoms with van der Waals surface area (Å²) in [5.74, 6) is -0.389. The second kappa shape index (κ2) is 5.97. The standard InChI is InChI=1S/C6H10N4O2/c1-8-6(12)10-4-5(11)9-3-2-7/h3-4H2,1H3,(H,9,11)(H2,8,10,12). The molecule has 3 N–H and O–H groups in total. The number of nitrogens with one attached hydrogen (secondary N) is 3. The van der Waals surface area contributed by atoms with Gasteiger partial charge in [0.15, 0.2) is 0 Å². The zero-order valence-electron chi connectivity index (χ0n) is 6.68. The summed E-state index contributed by atoms with van der Waals surface area (Å²) < 4.78 is 0. The Morgan fingerprint density at radius 2 is 2.08 bits per heavy atom. The minimum atomic E-state index is -0.429. The minimum absolute atomic E-state index is 0.0474. The van der Waals surface area contributed by atoms with Gasteiger partial charge in [-0.25, -0.2) is 4.79 Å². The van der Waals surface area contributed by atoms with Crippen LogP contribution in [0.1, 0.15) is 0 Å². The van der Waals surface area contributed by atoms with E-state index in [4.69, 9.17) is 5.26 Å². The monoisotopic (exact) mass is 170 g/mol. The van der Waals surface area contributed by atoms with Gasteiger partial charge in [0.2, 0.25) is 5.91 Å². The molecule has 0 bridgehead atoms. The summed E-state index contributed by atoms with van der Waals surface area (Å²) >= 11 is 0. The summed E-state index contributed by atoms with van der Waals surface area (Å²) in [5.41, 5.74) is 0. The normalized spacial score (nSPS) is 8.00. The van der Waals surface area contributed by atoms with E-state index < -0.39 is 6.03 Å². The van der Waals surface area contributed by atoms with Crippen LogP contribution in [-0.4, -0.2) is 32.1 Å².